The lowest BCUT2D eigenvalue weighted by molar-refractivity contribution is 0.605. The highest BCUT2D eigenvalue weighted by atomic mass is 32.1. The highest BCUT2D eigenvalue weighted by Gasteiger charge is 2.15. The minimum Gasteiger partial charge on any atom is -0.306 e. The van der Waals surface area contributed by atoms with Crippen LogP contribution >= 0.6 is 11.3 Å². The van der Waals surface area contributed by atoms with Crippen molar-refractivity contribution in [3.05, 3.63) is 57.3 Å². The minimum absolute atomic E-state index is 0.328. The van der Waals surface area contributed by atoms with Gasteiger partial charge in [0.05, 0.1) is 6.04 Å². The molecule has 0 bridgehead atoms. The fraction of sp³-hybridized carbons (Fsp3) is 0.474. The zero-order valence-corrected chi connectivity index (χ0v) is 14.5. The Morgan fingerprint density at radius 3 is 2.19 bits per heavy atom. The van der Waals surface area contributed by atoms with E-state index >= 15 is 0 Å². The van der Waals surface area contributed by atoms with Gasteiger partial charge in [0.2, 0.25) is 0 Å². The quantitative estimate of drug-likeness (QED) is 0.696. The molecule has 0 saturated heterocycles. The summed E-state index contributed by atoms with van der Waals surface area (Å²) < 4.78 is 0. The summed E-state index contributed by atoms with van der Waals surface area (Å²) in [6.45, 7) is 9.99. The molecule has 0 amide bonds. The fourth-order valence-electron chi connectivity index (χ4n) is 2.53. The first-order chi connectivity index (χ1) is 10.2. The summed E-state index contributed by atoms with van der Waals surface area (Å²) in [6, 6.07) is 14.0. The third-order valence-electron chi connectivity index (χ3n) is 4.10. The summed E-state index contributed by atoms with van der Waals surface area (Å²) >= 11 is 1.89. The molecule has 2 aromatic rings. The third-order valence-corrected chi connectivity index (χ3v) is 5.16. The molecular formula is C19H27NS. The number of rotatable bonds is 7. The number of aryl methyl sites for hydroxylation is 1. The van der Waals surface area contributed by atoms with E-state index in [0.717, 1.165) is 13.0 Å². The van der Waals surface area contributed by atoms with Crippen molar-refractivity contribution in [1.29, 1.82) is 0 Å². The van der Waals surface area contributed by atoms with Gasteiger partial charge in [-0.25, -0.2) is 0 Å². The van der Waals surface area contributed by atoms with Gasteiger partial charge in [-0.1, -0.05) is 45.0 Å². The van der Waals surface area contributed by atoms with Crippen LogP contribution in [0.5, 0.6) is 0 Å². The summed E-state index contributed by atoms with van der Waals surface area (Å²) in [6.07, 6.45) is 2.35. The van der Waals surface area contributed by atoms with Gasteiger partial charge in [0.25, 0.3) is 0 Å². The Morgan fingerprint density at radius 1 is 1.00 bits per heavy atom. The second-order valence-corrected chi connectivity index (χ2v) is 7.13. The Kier molecular flexibility index (Phi) is 6.01. The van der Waals surface area contributed by atoms with Gasteiger partial charge in [0.15, 0.2) is 0 Å². The van der Waals surface area contributed by atoms with Gasteiger partial charge in [-0.2, -0.15) is 0 Å². The molecule has 1 heterocycles. The second-order valence-electron chi connectivity index (χ2n) is 5.81. The Hall–Kier alpha value is -1.12. The van der Waals surface area contributed by atoms with Crippen LogP contribution in [0.25, 0.3) is 0 Å². The molecule has 2 atom stereocenters. The van der Waals surface area contributed by atoms with E-state index in [1.54, 1.807) is 0 Å². The molecule has 0 fully saturated rings. The van der Waals surface area contributed by atoms with Crippen molar-refractivity contribution in [2.75, 3.05) is 6.54 Å². The van der Waals surface area contributed by atoms with Crippen molar-refractivity contribution in [1.82, 2.24) is 5.32 Å². The number of thiophene rings is 1. The first-order valence-corrected chi connectivity index (χ1v) is 8.86. The van der Waals surface area contributed by atoms with Gasteiger partial charge in [-0.15, -0.1) is 11.3 Å². The first kappa shape index (κ1) is 16.3. The molecule has 1 nitrogen and oxygen atoms in total. The van der Waals surface area contributed by atoms with Crippen LogP contribution in [-0.4, -0.2) is 6.54 Å². The van der Waals surface area contributed by atoms with Crippen LogP contribution in [0.1, 0.15) is 66.5 Å². The Labute approximate surface area is 133 Å². The minimum atomic E-state index is 0.328. The zero-order chi connectivity index (χ0) is 15.2. The number of hydrogen-bond acceptors (Lipinski definition) is 2. The fourth-order valence-corrected chi connectivity index (χ4v) is 3.51. The molecule has 0 aliphatic rings. The van der Waals surface area contributed by atoms with Crippen LogP contribution in [-0.2, 0) is 0 Å². The van der Waals surface area contributed by atoms with Gasteiger partial charge in [-0.3, -0.25) is 0 Å². The summed E-state index contributed by atoms with van der Waals surface area (Å²) in [5.74, 6) is 0.644. The summed E-state index contributed by atoms with van der Waals surface area (Å²) in [5.41, 5.74) is 2.82. The molecular weight excluding hydrogens is 274 g/mol. The van der Waals surface area contributed by atoms with Gasteiger partial charge in [-0.05, 0) is 55.5 Å². The average molecular weight is 301 g/mol. The van der Waals surface area contributed by atoms with Crippen molar-refractivity contribution in [2.24, 2.45) is 0 Å². The molecule has 2 unspecified atom stereocenters. The zero-order valence-electron chi connectivity index (χ0n) is 13.6. The lowest BCUT2D eigenvalue weighted by Crippen LogP contribution is -2.22. The van der Waals surface area contributed by atoms with Crippen LogP contribution in [0.4, 0.5) is 0 Å². The van der Waals surface area contributed by atoms with E-state index < -0.39 is 0 Å². The average Bonchev–Trinajstić information content (AvgIpc) is 2.94. The highest BCUT2D eigenvalue weighted by molar-refractivity contribution is 7.12. The monoisotopic (exact) mass is 301 g/mol. The van der Waals surface area contributed by atoms with E-state index in [-0.39, 0.29) is 0 Å². The van der Waals surface area contributed by atoms with Crippen molar-refractivity contribution >= 4 is 11.3 Å². The normalized spacial score (nSPS) is 14.1. The molecule has 1 N–H and O–H groups in total. The maximum absolute atomic E-state index is 3.69. The van der Waals surface area contributed by atoms with E-state index in [1.807, 2.05) is 11.3 Å². The maximum Gasteiger partial charge on any atom is 0.0671 e. The summed E-state index contributed by atoms with van der Waals surface area (Å²) in [7, 11) is 0. The van der Waals surface area contributed by atoms with Gasteiger partial charge < -0.3 is 5.32 Å². The number of nitrogens with one attached hydrogen (secondary N) is 1. The van der Waals surface area contributed by atoms with Crippen LogP contribution < -0.4 is 5.32 Å². The largest absolute Gasteiger partial charge is 0.306 e. The Morgan fingerprint density at radius 2 is 1.67 bits per heavy atom. The van der Waals surface area contributed by atoms with E-state index in [1.165, 1.54) is 27.3 Å². The summed E-state index contributed by atoms with van der Waals surface area (Å²) in [4.78, 5) is 2.79. The molecule has 0 aliphatic heterocycles. The van der Waals surface area contributed by atoms with E-state index in [4.69, 9.17) is 0 Å². The smallest absolute Gasteiger partial charge is 0.0671 e. The van der Waals surface area contributed by atoms with Crippen molar-refractivity contribution in [3.8, 4) is 0 Å². The van der Waals surface area contributed by atoms with Crippen LogP contribution in [0.3, 0.4) is 0 Å². The SMILES string of the molecule is CCCNC(c1ccc(C(C)CC)cc1)c1ccc(C)s1. The maximum atomic E-state index is 3.69. The standard InChI is InChI=1S/C19H27NS/c1-5-13-20-19(18-12-7-15(4)21-18)17-10-8-16(9-11-17)14(3)6-2/h7-12,14,19-20H,5-6,13H2,1-4H3. The van der Waals surface area contributed by atoms with E-state index in [9.17, 15) is 0 Å². The molecule has 2 rings (SSSR count). The van der Waals surface area contributed by atoms with Crippen molar-refractivity contribution < 1.29 is 0 Å². The molecule has 0 spiro atoms. The molecule has 0 aliphatic carbocycles. The van der Waals surface area contributed by atoms with Gasteiger partial charge in [0.1, 0.15) is 0 Å². The number of benzene rings is 1. The summed E-state index contributed by atoms with van der Waals surface area (Å²) in [5, 5.41) is 3.69. The molecule has 114 valence electrons. The highest BCUT2D eigenvalue weighted by Crippen LogP contribution is 2.29. The van der Waals surface area contributed by atoms with Crippen LogP contribution in [0, 0.1) is 6.92 Å². The molecule has 1 aromatic heterocycles. The van der Waals surface area contributed by atoms with Crippen LogP contribution in [0.15, 0.2) is 36.4 Å². The van der Waals surface area contributed by atoms with E-state index in [0.29, 0.717) is 12.0 Å². The molecule has 0 saturated carbocycles. The molecule has 0 radical (unpaired) electrons. The predicted octanol–water partition coefficient (Wildman–Crippen LogP) is 5.66. The molecule has 1 aromatic carbocycles. The van der Waals surface area contributed by atoms with Gasteiger partial charge in [0, 0.05) is 9.75 Å². The number of hydrogen-bond donors (Lipinski definition) is 1. The molecule has 21 heavy (non-hydrogen) atoms. The lowest BCUT2D eigenvalue weighted by atomic mass is 9.95. The Bertz CT molecular complexity index is 541. The van der Waals surface area contributed by atoms with Crippen LogP contribution in [0.2, 0.25) is 0 Å². The van der Waals surface area contributed by atoms with E-state index in [2.05, 4.69) is 69.4 Å². The second kappa shape index (κ2) is 7.77. The molecule has 2 heteroatoms. The first-order valence-electron chi connectivity index (χ1n) is 8.05. The lowest BCUT2D eigenvalue weighted by Gasteiger charge is -2.19. The third kappa shape index (κ3) is 4.18. The van der Waals surface area contributed by atoms with Gasteiger partial charge >= 0.3 is 0 Å². The Balaban J connectivity index is 2.24. The van der Waals surface area contributed by atoms with Crippen molar-refractivity contribution in [3.63, 3.8) is 0 Å². The topological polar surface area (TPSA) is 12.0 Å². The van der Waals surface area contributed by atoms with Crippen molar-refractivity contribution in [2.45, 2.75) is 52.5 Å². The predicted molar refractivity (Wildman–Crippen MR) is 94.3 cm³/mol.